The zero-order valence-corrected chi connectivity index (χ0v) is 9.11. The van der Waals surface area contributed by atoms with Gasteiger partial charge in [0, 0.05) is 12.2 Å². The van der Waals surface area contributed by atoms with Crippen LogP contribution in [-0.4, -0.2) is 33.8 Å². The normalized spacial score (nSPS) is 21.1. The molecule has 0 atom stereocenters. The Bertz CT molecular complexity index is 248. The maximum Gasteiger partial charge on any atom is 0.173 e. The van der Waals surface area contributed by atoms with Crippen LogP contribution in [0.3, 0.4) is 0 Å². The highest BCUT2D eigenvalue weighted by atomic mass is 32.1. The van der Waals surface area contributed by atoms with Gasteiger partial charge in [-0.2, -0.15) is 0 Å². The summed E-state index contributed by atoms with van der Waals surface area (Å²) in [6.07, 6.45) is 2.11. The number of nitrogens with zero attached hydrogens (tertiary/aromatic N) is 1. The van der Waals surface area contributed by atoms with Crippen LogP contribution >= 0.6 is 12.2 Å². The lowest BCUT2D eigenvalue weighted by Gasteiger charge is -2.37. The number of aliphatic hydroxyl groups is 1. The maximum atomic E-state index is 8.83. The van der Waals surface area contributed by atoms with Gasteiger partial charge in [-0.3, -0.25) is 0 Å². The predicted octanol–water partition coefficient (Wildman–Crippen LogP) is 0.851. The van der Waals surface area contributed by atoms with Gasteiger partial charge in [-0.25, -0.2) is 0 Å². The van der Waals surface area contributed by atoms with Gasteiger partial charge in [0.2, 0.25) is 0 Å². The molecule has 74 valence electrons. The molecule has 0 amide bonds. The van der Waals surface area contributed by atoms with Crippen LogP contribution in [0.1, 0.15) is 20.8 Å². The molecule has 4 heteroatoms. The number of allylic oxidation sites excluding steroid dienone is 1. The van der Waals surface area contributed by atoms with E-state index in [2.05, 4.69) is 25.2 Å². The Labute approximate surface area is 84.4 Å². The third kappa shape index (κ3) is 2.42. The molecule has 3 nitrogen and oxygen atoms in total. The van der Waals surface area contributed by atoms with Crippen LogP contribution in [0.25, 0.3) is 0 Å². The van der Waals surface area contributed by atoms with Gasteiger partial charge >= 0.3 is 0 Å². The molecule has 0 spiro atoms. The number of nitrogens with one attached hydrogen (secondary N) is 1. The number of hydrogen-bond acceptors (Lipinski definition) is 2. The van der Waals surface area contributed by atoms with Gasteiger partial charge in [-0.15, -0.1) is 0 Å². The van der Waals surface area contributed by atoms with Crippen molar-refractivity contribution in [3.8, 4) is 0 Å². The zero-order valence-electron chi connectivity index (χ0n) is 8.29. The molecule has 1 rings (SSSR count). The molecule has 2 N–H and O–H groups in total. The van der Waals surface area contributed by atoms with Crippen LogP contribution in [0.4, 0.5) is 0 Å². The molecule has 0 saturated heterocycles. The number of aliphatic hydroxyl groups excluding tert-OH is 1. The number of thiocarbonyl (C=S) groups is 1. The van der Waals surface area contributed by atoms with E-state index in [4.69, 9.17) is 17.3 Å². The lowest BCUT2D eigenvalue weighted by Crippen LogP contribution is -2.53. The molecule has 1 heterocycles. The Hall–Kier alpha value is -0.610. The Morgan fingerprint density at radius 3 is 2.69 bits per heavy atom. The lowest BCUT2D eigenvalue weighted by atomic mass is 10.0. The number of hydrogen-bond donors (Lipinski definition) is 2. The minimum Gasteiger partial charge on any atom is -0.395 e. The second-order valence-corrected chi connectivity index (χ2v) is 4.20. The summed E-state index contributed by atoms with van der Waals surface area (Å²) in [4.78, 5) is 1.90. The van der Waals surface area contributed by atoms with Gasteiger partial charge in [-0.05, 0) is 39.1 Å². The Morgan fingerprint density at radius 1 is 1.62 bits per heavy atom. The van der Waals surface area contributed by atoms with Crippen LogP contribution in [0.2, 0.25) is 0 Å². The van der Waals surface area contributed by atoms with Gasteiger partial charge in [-0.1, -0.05) is 0 Å². The molecule has 0 radical (unpaired) electrons. The van der Waals surface area contributed by atoms with E-state index in [0.29, 0.717) is 11.7 Å². The summed E-state index contributed by atoms with van der Waals surface area (Å²) in [5.41, 5.74) is 1.02. The molecule has 0 unspecified atom stereocenters. The van der Waals surface area contributed by atoms with Crippen LogP contribution in [0, 0.1) is 0 Å². The van der Waals surface area contributed by atoms with Crippen LogP contribution in [0.15, 0.2) is 11.8 Å². The van der Waals surface area contributed by atoms with E-state index in [1.54, 1.807) is 0 Å². The first-order chi connectivity index (χ1) is 5.96. The van der Waals surface area contributed by atoms with Gasteiger partial charge in [0.25, 0.3) is 0 Å². The van der Waals surface area contributed by atoms with Crippen molar-refractivity contribution in [1.82, 2.24) is 10.2 Å². The third-order valence-electron chi connectivity index (χ3n) is 1.99. The fraction of sp³-hybridized carbons (Fsp3) is 0.667. The Balaban J connectivity index is 2.84. The summed E-state index contributed by atoms with van der Waals surface area (Å²) >= 11 is 5.18. The second-order valence-electron chi connectivity index (χ2n) is 3.81. The summed E-state index contributed by atoms with van der Waals surface area (Å²) in [6, 6.07) is 0. The highest BCUT2D eigenvalue weighted by Gasteiger charge is 2.25. The molecule has 0 saturated carbocycles. The topological polar surface area (TPSA) is 35.5 Å². The minimum atomic E-state index is -0.0763. The standard InChI is InChI=1S/C9H16N2OS/c1-7-6-9(2,3)10-8(13)11(7)4-5-12/h6,12H,4-5H2,1-3H3,(H,10,13). The SMILES string of the molecule is CC1=CC(C)(C)NC(=S)N1CCO. The van der Waals surface area contributed by atoms with Crippen LogP contribution in [0.5, 0.6) is 0 Å². The molecule has 0 bridgehead atoms. The summed E-state index contributed by atoms with van der Waals surface area (Å²) in [7, 11) is 0. The lowest BCUT2D eigenvalue weighted by molar-refractivity contribution is 0.259. The highest BCUT2D eigenvalue weighted by molar-refractivity contribution is 7.80. The molecule has 13 heavy (non-hydrogen) atoms. The fourth-order valence-corrected chi connectivity index (χ4v) is 2.02. The van der Waals surface area contributed by atoms with Crippen molar-refractivity contribution in [3.05, 3.63) is 11.8 Å². The molecule has 0 fully saturated rings. The second kappa shape index (κ2) is 3.64. The van der Waals surface area contributed by atoms with Crippen molar-refractivity contribution in [3.63, 3.8) is 0 Å². The molecule has 0 aromatic carbocycles. The average Bonchev–Trinajstić information content (AvgIpc) is 1.94. The molecular weight excluding hydrogens is 184 g/mol. The van der Waals surface area contributed by atoms with Crippen LogP contribution < -0.4 is 5.32 Å². The van der Waals surface area contributed by atoms with Gasteiger partial charge in [0.15, 0.2) is 5.11 Å². The maximum absolute atomic E-state index is 8.83. The molecule has 0 aromatic rings. The monoisotopic (exact) mass is 200 g/mol. The molecule has 1 aliphatic heterocycles. The van der Waals surface area contributed by atoms with Gasteiger partial charge in [0.1, 0.15) is 0 Å². The van der Waals surface area contributed by atoms with Gasteiger partial charge in [0.05, 0.1) is 12.1 Å². The summed E-state index contributed by atoms with van der Waals surface area (Å²) < 4.78 is 0. The molecule has 0 aliphatic carbocycles. The first-order valence-electron chi connectivity index (χ1n) is 4.36. The third-order valence-corrected chi connectivity index (χ3v) is 2.32. The molecule has 1 aliphatic rings. The van der Waals surface area contributed by atoms with Crippen molar-refractivity contribution in [2.24, 2.45) is 0 Å². The van der Waals surface area contributed by atoms with Crippen molar-refractivity contribution >= 4 is 17.3 Å². The number of rotatable bonds is 2. The van der Waals surface area contributed by atoms with Crippen molar-refractivity contribution in [1.29, 1.82) is 0 Å². The van der Waals surface area contributed by atoms with Crippen molar-refractivity contribution in [2.75, 3.05) is 13.2 Å². The highest BCUT2D eigenvalue weighted by Crippen LogP contribution is 2.18. The smallest absolute Gasteiger partial charge is 0.173 e. The van der Waals surface area contributed by atoms with E-state index in [9.17, 15) is 0 Å². The number of β-amino-alcohol motifs (C(OH)–C–C–N with tert-alkyl or cyclic N) is 1. The zero-order chi connectivity index (χ0) is 10.1. The first-order valence-corrected chi connectivity index (χ1v) is 4.77. The largest absolute Gasteiger partial charge is 0.395 e. The van der Waals surface area contributed by atoms with E-state index < -0.39 is 0 Å². The minimum absolute atomic E-state index is 0.0763. The summed E-state index contributed by atoms with van der Waals surface area (Å²) in [6.45, 7) is 6.82. The van der Waals surface area contributed by atoms with Crippen LogP contribution in [-0.2, 0) is 0 Å². The summed E-state index contributed by atoms with van der Waals surface area (Å²) in [5.74, 6) is 0. The fourth-order valence-electron chi connectivity index (χ4n) is 1.52. The van der Waals surface area contributed by atoms with E-state index in [1.807, 2.05) is 11.8 Å². The predicted molar refractivity (Wildman–Crippen MR) is 57.4 cm³/mol. The Kier molecular flexibility index (Phi) is 2.93. The Morgan fingerprint density at radius 2 is 2.23 bits per heavy atom. The quantitative estimate of drug-likeness (QED) is 0.648. The first kappa shape index (κ1) is 10.5. The van der Waals surface area contributed by atoms with E-state index >= 15 is 0 Å². The van der Waals surface area contributed by atoms with Crippen molar-refractivity contribution < 1.29 is 5.11 Å². The van der Waals surface area contributed by atoms with Crippen molar-refractivity contribution in [2.45, 2.75) is 26.3 Å². The molecule has 0 aromatic heterocycles. The van der Waals surface area contributed by atoms with Gasteiger partial charge < -0.3 is 15.3 Å². The molecular formula is C9H16N2OS. The van der Waals surface area contributed by atoms with E-state index in [0.717, 1.165) is 5.70 Å². The van der Waals surface area contributed by atoms with E-state index in [1.165, 1.54) is 0 Å². The van der Waals surface area contributed by atoms with E-state index in [-0.39, 0.29) is 12.1 Å². The summed E-state index contributed by atoms with van der Waals surface area (Å²) in [5, 5.41) is 12.7. The average molecular weight is 200 g/mol.